The minimum Gasteiger partial charge on any atom is -0.376 e. The van der Waals surface area contributed by atoms with Crippen molar-refractivity contribution >= 4 is 17.3 Å². The number of guanidine groups is 1. The van der Waals surface area contributed by atoms with Crippen molar-refractivity contribution in [3.8, 4) is 0 Å². The van der Waals surface area contributed by atoms with E-state index in [2.05, 4.69) is 41.2 Å². The lowest BCUT2D eigenvalue weighted by Gasteiger charge is -2.36. The maximum Gasteiger partial charge on any atom is 0.191 e. The Morgan fingerprint density at radius 1 is 1.42 bits per heavy atom. The lowest BCUT2D eigenvalue weighted by Crippen LogP contribution is -2.45. The van der Waals surface area contributed by atoms with Gasteiger partial charge in [0.2, 0.25) is 0 Å². The summed E-state index contributed by atoms with van der Waals surface area (Å²) < 4.78 is 5.70. The van der Waals surface area contributed by atoms with Crippen LogP contribution in [0.25, 0.3) is 0 Å². The summed E-state index contributed by atoms with van der Waals surface area (Å²) in [6, 6.07) is 4.64. The van der Waals surface area contributed by atoms with E-state index in [4.69, 9.17) is 15.5 Å². The first-order valence-corrected chi connectivity index (χ1v) is 9.95. The molecule has 3 unspecified atom stereocenters. The van der Waals surface area contributed by atoms with Gasteiger partial charge in [0, 0.05) is 31.1 Å². The third kappa shape index (κ3) is 4.49. The molecule has 3 rings (SSSR count). The molecule has 1 aromatic rings. The highest BCUT2D eigenvalue weighted by molar-refractivity contribution is 7.10. The number of piperidine rings is 1. The Hall–Kier alpha value is -1.11. The Morgan fingerprint density at radius 2 is 2.29 bits per heavy atom. The standard InChI is InChI=1S/C18H30N4OS/c1-14-5-3-7-22(12-14)18(19)20-11-16(17-6-4-10-24-17)21-8-9-23-15(2)13-21/h4,6,10,14-16H,3,5,7-9,11-13H2,1-2H3,(H2,19,20). The van der Waals surface area contributed by atoms with Crippen LogP contribution in [0.15, 0.2) is 22.5 Å². The van der Waals surface area contributed by atoms with Crippen LogP contribution in [0.3, 0.4) is 0 Å². The Kier molecular flexibility index (Phi) is 6.14. The number of aliphatic imine (C=N–C) groups is 1. The average Bonchev–Trinajstić information content (AvgIpc) is 3.09. The Labute approximate surface area is 149 Å². The highest BCUT2D eigenvalue weighted by atomic mass is 32.1. The average molecular weight is 351 g/mol. The van der Waals surface area contributed by atoms with E-state index in [1.54, 1.807) is 0 Å². The summed E-state index contributed by atoms with van der Waals surface area (Å²) in [5, 5.41) is 2.14. The first kappa shape index (κ1) is 17.7. The zero-order valence-corrected chi connectivity index (χ0v) is 15.7. The zero-order chi connectivity index (χ0) is 16.9. The molecule has 0 aliphatic carbocycles. The van der Waals surface area contributed by atoms with Crippen LogP contribution in [-0.2, 0) is 4.74 Å². The van der Waals surface area contributed by atoms with Crippen LogP contribution in [0.2, 0.25) is 0 Å². The van der Waals surface area contributed by atoms with Crippen molar-refractivity contribution in [2.45, 2.75) is 38.8 Å². The minimum absolute atomic E-state index is 0.283. The third-order valence-electron chi connectivity index (χ3n) is 4.99. The molecule has 134 valence electrons. The second kappa shape index (κ2) is 8.32. The van der Waals surface area contributed by atoms with Gasteiger partial charge in [-0.25, -0.2) is 0 Å². The summed E-state index contributed by atoms with van der Waals surface area (Å²) in [6.07, 6.45) is 2.80. The molecule has 2 aliphatic rings. The van der Waals surface area contributed by atoms with E-state index in [0.29, 0.717) is 17.9 Å². The largest absolute Gasteiger partial charge is 0.376 e. The normalized spacial score (nSPS) is 28.1. The molecule has 3 atom stereocenters. The Balaban J connectivity index is 1.68. The highest BCUT2D eigenvalue weighted by Crippen LogP contribution is 2.27. The van der Waals surface area contributed by atoms with Crippen LogP contribution >= 0.6 is 11.3 Å². The van der Waals surface area contributed by atoms with Crippen LogP contribution in [0.1, 0.15) is 37.6 Å². The number of morpholine rings is 1. The first-order valence-electron chi connectivity index (χ1n) is 9.07. The van der Waals surface area contributed by atoms with Gasteiger partial charge in [0.15, 0.2) is 5.96 Å². The van der Waals surface area contributed by atoms with E-state index in [1.807, 2.05) is 11.3 Å². The van der Waals surface area contributed by atoms with Crippen molar-refractivity contribution in [3.05, 3.63) is 22.4 Å². The fourth-order valence-electron chi connectivity index (χ4n) is 3.67. The second-order valence-corrected chi connectivity index (χ2v) is 8.08. The van der Waals surface area contributed by atoms with Crippen LogP contribution in [-0.4, -0.2) is 61.2 Å². The van der Waals surface area contributed by atoms with Gasteiger partial charge in [-0.15, -0.1) is 11.3 Å². The lowest BCUT2D eigenvalue weighted by atomic mass is 10.0. The minimum atomic E-state index is 0.283. The number of nitrogens with two attached hydrogens (primary N) is 1. The molecule has 1 aromatic heterocycles. The smallest absolute Gasteiger partial charge is 0.191 e. The quantitative estimate of drug-likeness (QED) is 0.670. The van der Waals surface area contributed by atoms with E-state index in [9.17, 15) is 0 Å². The van der Waals surface area contributed by atoms with Gasteiger partial charge >= 0.3 is 0 Å². The third-order valence-corrected chi connectivity index (χ3v) is 5.97. The van der Waals surface area contributed by atoms with Gasteiger partial charge in [-0.05, 0) is 37.1 Å². The van der Waals surface area contributed by atoms with Crippen molar-refractivity contribution in [1.82, 2.24) is 9.80 Å². The number of thiophene rings is 1. The molecule has 5 nitrogen and oxygen atoms in total. The maximum absolute atomic E-state index is 6.31. The van der Waals surface area contributed by atoms with Crippen molar-refractivity contribution in [2.24, 2.45) is 16.6 Å². The Morgan fingerprint density at radius 3 is 3.00 bits per heavy atom. The number of likely N-dealkylation sites (tertiary alicyclic amines) is 1. The molecule has 24 heavy (non-hydrogen) atoms. The van der Waals surface area contributed by atoms with Gasteiger partial charge in [-0.3, -0.25) is 9.89 Å². The molecule has 2 N–H and O–H groups in total. The van der Waals surface area contributed by atoms with Crippen molar-refractivity contribution in [3.63, 3.8) is 0 Å². The molecule has 0 saturated carbocycles. The van der Waals surface area contributed by atoms with Crippen LogP contribution < -0.4 is 5.73 Å². The monoisotopic (exact) mass is 350 g/mol. The number of hydrogen-bond acceptors (Lipinski definition) is 4. The molecule has 0 radical (unpaired) electrons. The predicted octanol–water partition coefficient (Wildman–Crippen LogP) is 2.56. The van der Waals surface area contributed by atoms with Gasteiger partial charge in [0.05, 0.1) is 25.3 Å². The summed E-state index contributed by atoms with van der Waals surface area (Å²) in [6.45, 7) is 9.95. The molecule has 2 fully saturated rings. The second-order valence-electron chi connectivity index (χ2n) is 7.10. The van der Waals surface area contributed by atoms with E-state index in [0.717, 1.165) is 39.3 Å². The van der Waals surface area contributed by atoms with E-state index >= 15 is 0 Å². The van der Waals surface area contributed by atoms with E-state index < -0.39 is 0 Å². The lowest BCUT2D eigenvalue weighted by molar-refractivity contribution is -0.0327. The predicted molar refractivity (Wildman–Crippen MR) is 101 cm³/mol. The topological polar surface area (TPSA) is 54.1 Å². The summed E-state index contributed by atoms with van der Waals surface area (Å²) in [5.41, 5.74) is 6.31. The molecule has 0 amide bonds. The van der Waals surface area contributed by atoms with Crippen molar-refractivity contribution in [2.75, 3.05) is 39.3 Å². The summed E-state index contributed by atoms with van der Waals surface area (Å²) in [7, 11) is 0. The van der Waals surface area contributed by atoms with Gasteiger partial charge in [0.25, 0.3) is 0 Å². The molecular formula is C18H30N4OS. The molecule has 0 spiro atoms. The SMILES string of the molecule is CC1CCCN(C(N)=NCC(c2cccs2)N2CCOC(C)C2)C1. The van der Waals surface area contributed by atoms with Gasteiger partial charge < -0.3 is 15.4 Å². The molecule has 2 aliphatic heterocycles. The maximum atomic E-state index is 6.31. The molecule has 0 aromatic carbocycles. The van der Waals surface area contributed by atoms with Crippen LogP contribution in [0.5, 0.6) is 0 Å². The van der Waals surface area contributed by atoms with E-state index in [1.165, 1.54) is 17.7 Å². The van der Waals surface area contributed by atoms with Gasteiger partial charge in [-0.1, -0.05) is 13.0 Å². The molecule has 6 heteroatoms. The summed E-state index contributed by atoms with van der Waals surface area (Å²) in [5.74, 6) is 1.42. The van der Waals surface area contributed by atoms with Crippen molar-refractivity contribution in [1.29, 1.82) is 0 Å². The zero-order valence-electron chi connectivity index (χ0n) is 14.9. The molecular weight excluding hydrogens is 320 g/mol. The molecule has 0 bridgehead atoms. The number of rotatable bonds is 4. The van der Waals surface area contributed by atoms with Gasteiger partial charge in [-0.2, -0.15) is 0 Å². The summed E-state index contributed by atoms with van der Waals surface area (Å²) in [4.78, 5) is 10.9. The summed E-state index contributed by atoms with van der Waals surface area (Å²) >= 11 is 1.81. The number of ether oxygens (including phenoxy) is 1. The molecule has 2 saturated heterocycles. The number of nitrogens with zero attached hydrogens (tertiary/aromatic N) is 3. The fourth-order valence-corrected chi connectivity index (χ4v) is 4.52. The van der Waals surface area contributed by atoms with E-state index in [-0.39, 0.29) is 6.10 Å². The first-order chi connectivity index (χ1) is 11.6. The van der Waals surface area contributed by atoms with Gasteiger partial charge in [0.1, 0.15) is 0 Å². The van der Waals surface area contributed by atoms with Crippen LogP contribution in [0.4, 0.5) is 0 Å². The highest BCUT2D eigenvalue weighted by Gasteiger charge is 2.26. The number of hydrogen-bond donors (Lipinski definition) is 1. The molecule has 3 heterocycles. The Bertz CT molecular complexity index is 533. The van der Waals surface area contributed by atoms with Crippen molar-refractivity contribution < 1.29 is 4.74 Å². The van der Waals surface area contributed by atoms with Crippen LogP contribution in [0, 0.1) is 5.92 Å². The fraction of sp³-hybridized carbons (Fsp3) is 0.722.